The number of hydrogen-bond donors (Lipinski definition) is 1. The minimum atomic E-state index is -0.160. The molecule has 0 fully saturated rings. The lowest BCUT2D eigenvalue weighted by molar-refractivity contribution is 0.102. The summed E-state index contributed by atoms with van der Waals surface area (Å²) in [7, 11) is 0. The summed E-state index contributed by atoms with van der Waals surface area (Å²) in [5, 5.41) is 5.82. The molecule has 3 aromatic rings. The first kappa shape index (κ1) is 13.1. The molecule has 0 aliphatic heterocycles. The van der Waals surface area contributed by atoms with Crippen LogP contribution in [0, 0.1) is 0 Å². The fourth-order valence-corrected chi connectivity index (χ4v) is 3.82. The third-order valence-corrected chi connectivity index (χ3v) is 5.07. The van der Waals surface area contributed by atoms with Crippen molar-refractivity contribution in [2.45, 2.75) is 0 Å². The number of anilines is 1. The number of carbonyl (C=O) groups excluding carboxylic acids is 1. The molecule has 3 rings (SSSR count). The summed E-state index contributed by atoms with van der Waals surface area (Å²) in [6.45, 7) is 0. The van der Waals surface area contributed by atoms with Gasteiger partial charge in [-0.1, -0.05) is 22.9 Å². The van der Waals surface area contributed by atoms with Crippen LogP contribution in [0.25, 0.3) is 10.2 Å². The molecule has 1 amide bonds. The number of hydrogen-bond acceptors (Lipinski definition) is 4. The number of amides is 1. The number of aromatic nitrogens is 1. The second-order valence-electron chi connectivity index (χ2n) is 3.72. The fourth-order valence-electron chi connectivity index (χ4n) is 1.55. The van der Waals surface area contributed by atoms with E-state index in [1.807, 2.05) is 12.1 Å². The van der Waals surface area contributed by atoms with Gasteiger partial charge in [-0.25, -0.2) is 4.98 Å². The maximum Gasteiger partial charge on any atom is 0.258 e. The van der Waals surface area contributed by atoms with Crippen LogP contribution in [0.4, 0.5) is 5.13 Å². The number of benzene rings is 1. The zero-order chi connectivity index (χ0) is 13.4. The van der Waals surface area contributed by atoms with E-state index in [2.05, 4.69) is 26.2 Å². The Hall–Kier alpha value is -0.950. The minimum Gasteiger partial charge on any atom is -0.298 e. The lowest BCUT2D eigenvalue weighted by Crippen LogP contribution is -2.10. The second-order valence-corrected chi connectivity index (χ2v) is 7.48. The van der Waals surface area contributed by atoms with Crippen molar-refractivity contribution in [3.63, 3.8) is 0 Å². The largest absolute Gasteiger partial charge is 0.298 e. The minimum absolute atomic E-state index is 0.160. The first-order chi connectivity index (χ1) is 9.11. The number of thiophene rings is 1. The van der Waals surface area contributed by atoms with Crippen LogP contribution in [-0.2, 0) is 0 Å². The highest BCUT2D eigenvalue weighted by Gasteiger charge is 2.11. The number of nitrogens with one attached hydrogen (secondary N) is 1. The van der Waals surface area contributed by atoms with Gasteiger partial charge in [0.05, 0.1) is 19.6 Å². The number of halogens is 2. The Morgan fingerprint density at radius 3 is 2.95 bits per heavy atom. The second kappa shape index (κ2) is 5.20. The molecular formula is C12H6BrClN2OS2. The van der Waals surface area contributed by atoms with Crippen molar-refractivity contribution in [1.29, 1.82) is 0 Å². The van der Waals surface area contributed by atoms with Crippen LogP contribution in [0.5, 0.6) is 0 Å². The van der Waals surface area contributed by atoms with E-state index in [1.54, 1.807) is 17.5 Å². The predicted octanol–water partition coefficient (Wildman–Crippen LogP) is 5.03. The average Bonchev–Trinajstić information content (AvgIpc) is 2.94. The van der Waals surface area contributed by atoms with E-state index in [-0.39, 0.29) is 5.91 Å². The normalized spacial score (nSPS) is 10.8. The molecule has 0 spiro atoms. The van der Waals surface area contributed by atoms with Crippen LogP contribution < -0.4 is 5.32 Å². The lowest BCUT2D eigenvalue weighted by Gasteiger charge is -1.97. The highest BCUT2D eigenvalue weighted by molar-refractivity contribution is 9.11. The van der Waals surface area contributed by atoms with Crippen molar-refractivity contribution in [3.05, 3.63) is 44.0 Å². The molecule has 1 N–H and O–H groups in total. The maximum atomic E-state index is 12.0. The molecule has 0 radical (unpaired) electrons. The molecule has 96 valence electrons. The van der Waals surface area contributed by atoms with Gasteiger partial charge in [0.2, 0.25) is 0 Å². The van der Waals surface area contributed by atoms with Crippen LogP contribution in [-0.4, -0.2) is 10.9 Å². The first-order valence-electron chi connectivity index (χ1n) is 5.23. The van der Waals surface area contributed by atoms with Crippen LogP contribution >= 0.6 is 50.2 Å². The van der Waals surface area contributed by atoms with Gasteiger partial charge in [-0.2, -0.15) is 0 Å². The van der Waals surface area contributed by atoms with Crippen molar-refractivity contribution in [2.75, 3.05) is 5.32 Å². The summed E-state index contributed by atoms with van der Waals surface area (Å²) in [6.07, 6.45) is 0. The van der Waals surface area contributed by atoms with Gasteiger partial charge in [-0.05, 0) is 40.2 Å². The van der Waals surface area contributed by atoms with E-state index in [0.717, 1.165) is 14.0 Å². The van der Waals surface area contributed by atoms with Crippen molar-refractivity contribution >= 4 is 71.5 Å². The zero-order valence-electron chi connectivity index (χ0n) is 9.31. The number of fused-ring (bicyclic) bond motifs is 1. The molecule has 0 aliphatic rings. The molecule has 0 saturated heterocycles. The quantitative estimate of drug-likeness (QED) is 0.685. The summed E-state index contributed by atoms with van der Waals surface area (Å²) in [5.41, 5.74) is 1.45. The number of carbonyl (C=O) groups is 1. The molecule has 2 aromatic heterocycles. The number of rotatable bonds is 2. The van der Waals surface area contributed by atoms with Crippen molar-refractivity contribution in [3.8, 4) is 0 Å². The molecule has 19 heavy (non-hydrogen) atoms. The SMILES string of the molecule is O=C(Nc1nc2ccc(Cl)cc2s1)c1csc(Br)c1. The highest BCUT2D eigenvalue weighted by Crippen LogP contribution is 2.29. The highest BCUT2D eigenvalue weighted by atomic mass is 79.9. The first-order valence-corrected chi connectivity index (χ1v) is 8.10. The smallest absolute Gasteiger partial charge is 0.258 e. The van der Waals surface area contributed by atoms with Crippen LogP contribution in [0.15, 0.2) is 33.4 Å². The van der Waals surface area contributed by atoms with Crippen molar-refractivity contribution in [1.82, 2.24) is 4.98 Å². The number of nitrogens with zero attached hydrogens (tertiary/aromatic N) is 1. The van der Waals surface area contributed by atoms with Crippen LogP contribution in [0.3, 0.4) is 0 Å². The monoisotopic (exact) mass is 372 g/mol. The summed E-state index contributed by atoms with van der Waals surface area (Å²) in [5.74, 6) is -0.160. The van der Waals surface area contributed by atoms with Gasteiger partial charge in [0.1, 0.15) is 0 Å². The van der Waals surface area contributed by atoms with E-state index < -0.39 is 0 Å². The third-order valence-electron chi connectivity index (χ3n) is 2.40. The molecule has 0 unspecified atom stereocenters. The zero-order valence-corrected chi connectivity index (χ0v) is 13.3. The van der Waals surface area contributed by atoms with Gasteiger partial charge in [0.15, 0.2) is 5.13 Å². The molecule has 0 aliphatic carbocycles. The summed E-state index contributed by atoms with van der Waals surface area (Å²) >= 11 is 12.1. The average molecular weight is 374 g/mol. The van der Waals surface area contributed by atoms with Gasteiger partial charge >= 0.3 is 0 Å². The van der Waals surface area contributed by atoms with Gasteiger partial charge in [-0.3, -0.25) is 10.1 Å². The fraction of sp³-hybridized carbons (Fsp3) is 0. The Balaban J connectivity index is 1.87. The van der Waals surface area contributed by atoms with E-state index >= 15 is 0 Å². The molecular weight excluding hydrogens is 368 g/mol. The Kier molecular flexibility index (Phi) is 3.58. The van der Waals surface area contributed by atoms with E-state index in [9.17, 15) is 4.79 Å². The maximum absolute atomic E-state index is 12.0. The van der Waals surface area contributed by atoms with E-state index in [1.165, 1.54) is 22.7 Å². The molecule has 0 saturated carbocycles. The summed E-state index contributed by atoms with van der Waals surface area (Å²) < 4.78 is 1.88. The Labute approximate surface area is 130 Å². The van der Waals surface area contributed by atoms with Crippen LogP contribution in [0.1, 0.15) is 10.4 Å². The Morgan fingerprint density at radius 2 is 2.21 bits per heavy atom. The molecule has 7 heteroatoms. The Bertz CT molecular complexity index is 768. The van der Waals surface area contributed by atoms with Gasteiger partial charge in [-0.15, -0.1) is 11.3 Å². The molecule has 1 aromatic carbocycles. The lowest BCUT2D eigenvalue weighted by atomic mass is 10.3. The molecule has 0 atom stereocenters. The topological polar surface area (TPSA) is 42.0 Å². The summed E-state index contributed by atoms with van der Waals surface area (Å²) in [4.78, 5) is 16.3. The van der Waals surface area contributed by atoms with Crippen molar-refractivity contribution < 1.29 is 4.79 Å². The van der Waals surface area contributed by atoms with E-state index in [0.29, 0.717) is 15.7 Å². The molecule has 0 bridgehead atoms. The van der Waals surface area contributed by atoms with Gasteiger partial charge in [0, 0.05) is 10.4 Å². The van der Waals surface area contributed by atoms with Crippen LogP contribution in [0.2, 0.25) is 5.02 Å². The number of thiazole rings is 1. The van der Waals surface area contributed by atoms with Gasteiger partial charge in [0.25, 0.3) is 5.91 Å². The summed E-state index contributed by atoms with van der Waals surface area (Å²) in [6, 6.07) is 7.24. The standard InChI is InChI=1S/C12H6BrClN2OS2/c13-10-3-6(5-18-10)11(17)16-12-15-8-2-1-7(14)4-9(8)19-12/h1-5H,(H,15,16,17). The molecule has 2 heterocycles. The van der Waals surface area contributed by atoms with Crippen molar-refractivity contribution in [2.24, 2.45) is 0 Å². The predicted molar refractivity (Wildman–Crippen MR) is 84.6 cm³/mol. The third kappa shape index (κ3) is 2.81. The Morgan fingerprint density at radius 1 is 1.37 bits per heavy atom. The van der Waals surface area contributed by atoms with E-state index in [4.69, 9.17) is 11.6 Å². The molecule has 3 nitrogen and oxygen atoms in total. The van der Waals surface area contributed by atoms with Gasteiger partial charge < -0.3 is 0 Å².